The fourth-order valence-corrected chi connectivity index (χ4v) is 6.03. The highest BCUT2D eigenvalue weighted by Crippen LogP contribution is 2.31. The van der Waals surface area contributed by atoms with Gasteiger partial charge in [-0.25, -0.2) is 8.42 Å². The van der Waals surface area contributed by atoms with Gasteiger partial charge in [0.2, 0.25) is 11.8 Å². The first-order valence-corrected chi connectivity index (χ1v) is 14.9. The highest BCUT2D eigenvalue weighted by Gasteiger charge is 2.34. The van der Waals surface area contributed by atoms with Crippen LogP contribution >= 0.6 is 11.6 Å². The molecule has 0 spiro atoms. The minimum absolute atomic E-state index is 0.0334. The Kier molecular flexibility index (Phi) is 10.6. The molecule has 3 aromatic rings. The molecule has 1 atom stereocenters. The van der Waals surface area contributed by atoms with E-state index in [2.05, 4.69) is 5.32 Å². The Hall–Kier alpha value is -3.56. The summed E-state index contributed by atoms with van der Waals surface area (Å²) in [6.07, 6.45) is 0.329. The molecule has 10 heteroatoms. The number of halogens is 1. The Bertz CT molecular complexity index is 1430. The summed E-state index contributed by atoms with van der Waals surface area (Å²) in [5, 5.41) is 3.26. The lowest BCUT2D eigenvalue weighted by atomic mass is 10.1. The Balaban J connectivity index is 2.10. The number of carbonyl (C=O) groups is 2. The average molecular weight is 586 g/mol. The van der Waals surface area contributed by atoms with E-state index in [1.54, 1.807) is 68.6 Å². The van der Waals surface area contributed by atoms with Crippen molar-refractivity contribution >= 4 is 39.1 Å². The standard InChI is InChI=1S/C30H36ClN3O5S/c1-6-27(30(36)32-21(2)3)33(19-23-12-10-13-24(18-23)39-5)29(35)20-34(28-17-11-16-26(31)22(28)4)40(37,38)25-14-8-7-9-15-25/h7-18,21,27H,6,19-20H2,1-5H3,(H,32,36)/t27-/m1/s1. The molecular formula is C30H36ClN3O5S. The van der Waals surface area contributed by atoms with Crippen molar-refractivity contribution in [3.63, 3.8) is 0 Å². The SMILES string of the molecule is CC[C@H](C(=O)NC(C)C)N(Cc1cccc(OC)c1)C(=O)CN(c1cccc(Cl)c1C)S(=O)(=O)c1ccccc1. The number of rotatable bonds is 12. The van der Waals surface area contributed by atoms with Crippen LogP contribution in [0, 0.1) is 6.92 Å². The zero-order chi connectivity index (χ0) is 29.4. The predicted molar refractivity (Wildman–Crippen MR) is 158 cm³/mol. The van der Waals surface area contributed by atoms with E-state index in [0.717, 1.165) is 9.87 Å². The fraction of sp³-hybridized carbons (Fsp3) is 0.333. The van der Waals surface area contributed by atoms with E-state index in [0.29, 0.717) is 22.8 Å². The maximum Gasteiger partial charge on any atom is 0.264 e. The maximum absolute atomic E-state index is 14.1. The minimum Gasteiger partial charge on any atom is -0.497 e. The number of carbonyl (C=O) groups excluding carboxylic acids is 2. The molecule has 8 nitrogen and oxygen atoms in total. The van der Waals surface area contributed by atoms with Crippen molar-refractivity contribution < 1.29 is 22.7 Å². The van der Waals surface area contributed by atoms with Crippen LogP contribution in [-0.4, -0.2) is 50.9 Å². The van der Waals surface area contributed by atoms with Crippen molar-refractivity contribution in [1.82, 2.24) is 10.2 Å². The molecule has 0 bridgehead atoms. The van der Waals surface area contributed by atoms with Gasteiger partial charge in [-0.2, -0.15) is 0 Å². The molecule has 0 saturated heterocycles. The van der Waals surface area contributed by atoms with Crippen molar-refractivity contribution in [3.8, 4) is 5.75 Å². The topological polar surface area (TPSA) is 96.0 Å². The number of sulfonamides is 1. The maximum atomic E-state index is 14.1. The van der Waals surface area contributed by atoms with Gasteiger partial charge in [-0.05, 0) is 74.7 Å². The summed E-state index contributed by atoms with van der Waals surface area (Å²) in [4.78, 5) is 28.8. The molecule has 3 aromatic carbocycles. The zero-order valence-electron chi connectivity index (χ0n) is 23.4. The largest absolute Gasteiger partial charge is 0.497 e. The molecule has 0 aliphatic rings. The Morgan fingerprint density at radius 2 is 1.68 bits per heavy atom. The lowest BCUT2D eigenvalue weighted by molar-refractivity contribution is -0.140. The minimum atomic E-state index is -4.17. The van der Waals surface area contributed by atoms with E-state index >= 15 is 0 Å². The fourth-order valence-electron chi connectivity index (χ4n) is 4.37. The molecule has 0 saturated carbocycles. The van der Waals surface area contributed by atoms with Crippen LogP contribution in [-0.2, 0) is 26.2 Å². The second-order valence-corrected chi connectivity index (χ2v) is 11.9. The average Bonchev–Trinajstić information content (AvgIpc) is 2.93. The van der Waals surface area contributed by atoms with Crippen LogP contribution in [0.4, 0.5) is 5.69 Å². The third-order valence-corrected chi connectivity index (χ3v) is 8.61. The predicted octanol–water partition coefficient (Wildman–Crippen LogP) is 5.18. The van der Waals surface area contributed by atoms with Crippen molar-refractivity contribution in [1.29, 1.82) is 0 Å². The van der Waals surface area contributed by atoms with Gasteiger partial charge in [-0.1, -0.05) is 54.9 Å². The summed E-state index contributed by atoms with van der Waals surface area (Å²) < 4.78 is 34.3. The summed E-state index contributed by atoms with van der Waals surface area (Å²) in [6.45, 7) is 6.75. The molecular weight excluding hydrogens is 550 g/mol. The molecule has 0 unspecified atom stereocenters. The normalized spacial score (nSPS) is 12.1. The van der Waals surface area contributed by atoms with Gasteiger partial charge in [0.05, 0.1) is 17.7 Å². The molecule has 40 heavy (non-hydrogen) atoms. The van der Waals surface area contributed by atoms with Crippen LogP contribution < -0.4 is 14.4 Å². The summed E-state index contributed by atoms with van der Waals surface area (Å²) in [5.41, 5.74) is 1.53. The van der Waals surface area contributed by atoms with Crippen molar-refractivity contribution in [2.75, 3.05) is 18.0 Å². The highest BCUT2D eigenvalue weighted by molar-refractivity contribution is 7.92. The van der Waals surface area contributed by atoms with Gasteiger partial charge in [0.1, 0.15) is 18.3 Å². The first kappa shape index (κ1) is 31.0. The lowest BCUT2D eigenvalue weighted by Gasteiger charge is -2.34. The molecule has 0 fully saturated rings. The van der Waals surface area contributed by atoms with Gasteiger partial charge in [-0.3, -0.25) is 13.9 Å². The molecule has 2 amide bonds. The lowest BCUT2D eigenvalue weighted by Crippen LogP contribution is -2.53. The number of benzene rings is 3. The molecule has 0 radical (unpaired) electrons. The third-order valence-electron chi connectivity index (χ3n) is 6.42. The zero-order valence-corrected chi connectivity index (χ0v) is 25.0. The quantitative estimate of drug-likeness (QED) is 0.316. The first-order valence-electron chi connectivity index (χ1n) is 13.0. The number of amides is 2. The number of anilines is 1. The van der Waals surface area contributed by atoms with E-state index in [1.807, 2.05) is 26.8 Å². The summed E-state index contributed by atoms with van der Waals surface area (Å²) >= 11 is 6.37. The van der Waals surface area contributed by atoms with Crippen LogP contribution in [0.25, 0.3) is 0 Å². The van der Waals surface area contributed by atoms with Crippen molar-refractivity contribution in [3.05, 3.63) is 88.9 Å². The molecule has 3 rings (SSSR count). The molecule has 0 heterocycles. The van der Waals surface area contributed by atoms with Crippen LogP contribution in [0.1, 0.15) is 38.3 Å². The van der Waals surface area contributed by atoms with Crippen LogP contribution in [0.2, 0.25) is 5.02 Å². The number of hydrogen-bond acceptors (Lipinski definition) is 5. The molecule has 1 N–H and O–H groups in total. The summed E-state index contributed by atoms with van der Waals surface area (Å²) in [6, 6.07) is 19.1. The number of methoxy groups -OCH3 is 1. The van der Waals surface area contributed by atoms with Gasteiger partial charge in [0, 0.05) is 17.6 Å². The molecule has 214 valence electrons. The molecule has 0 aliphatic heterocycles. The Morgan fingerprint density at radius 1 is 1.00 bits per heavy atom. The summed E-state index contributed by atoms with van der Waals surface area (Å²) in [7, 11) is -2.62. The summed E-state index contributed by atoms with van der Waals surface area (Å²) in [5.74, 6) is -0.245. The van der Waals surface area contributed by atoms with E-state index in [4.69, 9.17) is 16.3 Å². The number of nitrogens with zero attached hydrogens (tertiary/aromatic N) is 2. The van der Waals surface area contributed by atoms with Gasteiger partial charge in [-0.15, -0.1) is 0 Å². The van der Waals surface area contributed by atoms with Crippen LogP contribution in [0.3, 0.4) is 0 Å². The van der Waals surface area contributed by atoms with Gasteiger partial charge in [0.25, 0.3) is 10.0 Å². The highest BCUT2D eigenvalue weighted by atomic mass is 35.5. The number of nitrogens with one attached hydrogen (secondary N) is 1. The second-order valence-electron chi connectivity index (χ2n) is 9.67. The van der Waals surface area contributed by atoms with Crippen molar-refractivity contribution in [2.45, 2.75) is 57.6 Å². The molecule has 0 aliphatic carbocycles. The van der Waals surface area contributed by atoms with E-state index < -0.39 is 28.5 Å². The number of hydrogen-bond donors (Lipinski definition) is 1. The van der Waals surface area contributed by atoms with E-state index in [9.17, 15) is 18.0 Å². The van der Waals surface area contributed by atoms with Crippen LogP contribution in [0.5, 0.6) is 5.75 Å². The smallest absolute Gasteiger partial charge is 0.264 e. The van der Waals surface area contributed by atoms with E-state index in [1.165, 1.54) is 17.0 Å². The Labute approximate surface area is 241 Å². The monoisotopic (exact) mass is 585 g/mol. The van der Waals surface area contributed by atoms with Crippen LogP contribution in [0.15, 0.2) is 77.7 Å². The van der Waals surface area contributed by atoms with Gasteiger partial charge in [0.15, 0.2) is 0 Å². The van der Waals surface area contributed by atoms with Crippen molar-refractivity contribution in [2.24, 2.45) is 0 Å². The first-order chi connectivity index (χ1) is 19.0. The van der Waals surface area contributed by atoms with E-state index in [-0.39, 0.29) is 29.1 Å². The van der Waals surface area contributed by atoms with Gasteiger partial charge < -0.3 is 15.0 Å². The third kappa shape index (κ3) is 7.34. The second kappa shape index (κ2) is 13.7. The Morgan fingerprint density at radius 3 is 2.30 bits per heavy atom. The number of ether oxygens (including phenoxy) is 1. The molecule has 0 aromatic heterocycles. The van der Waals surface area contributed by atoms with Gasteiger partial charge >= 0.3 is 0 Å².